The summed E-state index contributed by atoms with van der Waals surface area (Å²) in [4.78, 5) is 195. The number of nitrogens with zero attached hydrogens (tertiary/aromatic N) is 7. The van der Waals surface area contributed by atoms with Crippen LogP contribution < -0.4 is 32.4 Å². The maximum absolute atomic E-state index is 15.1. The zero-order chi connectivity index (χ0) is 65.7. The fourth-order valence-corrected chi connectivity index (χ4v) is 10.3. The zero-order valence-electron chi connectivity index (χ0n) is 52.9. The molecule has 87 heavy (non-hydrogen) atoms. The van der Waals surface area contributed by atoms with E-state index in [9.17, 15) is 57.5 Å². The first-order valence-corrected chi connectivity index (χ1v) is 28.8. The largest absolute Gasteiger partial charge is 0.458 e. The minimum Gasteiger partial charge on any atom is -0.458 e. The van der Waals surface area contributed by atoms with Gasteiger partial charge in [0.05, 0.1) is 43.0 Å². The number of likely N-dealkylation sites (N-methyl/N-ethyl adjacent to an activating group) is 6. The Morgan fingerprint density at radius 3 is 1.48 bits per heavy atom. The zero-order valence-corrected chi connectivity index (χ0v) is 52.9. The molecule has 9 atom stereocenters. The number of carbonyl (C=O) groups is 12. The van der Waals surface area contributed by atoms with Crippen molar-refractivity contribution >= 4 is 87.8 Å². The topological polar surface area (TPSA) is 360 Å². The number of benzene rings is 2. The molecule has 0 spiro atoms. The van der Waals surface area contributed by atoms with Crippen LogP contribution >= 0.6 is 0 Å². The predicted molar refractivity (Wildman–Crippen MR) is 316 cm³/mol. The Hall–Kier alpha value is -8.72. The van der Waals surface area contributed by atoms with Gasteiger partial charge in [-0.15, -0.1) is 0 Å². The minimum atomic E-state index is -1.89. The molecular formula is C59H84N12O16. The van der Waals surface area contributed by atoms with Gasteiger partial charge in [-0.3, -0.25) is 52.7 Å². The predicted octanol–water partition coefficient (Wildman–Crippen LogP) is 0.0505. The van der Waals surface area contributed by atoms with Gasteiger partial charge >= 0.3 is 11.9 Å². The second-order valence-corrected chi connectivity index (χ2v) is 23.8. The number of nitrogens with one attached hydrogen (secondary N) is 4. The number of anilines is 1. The summed E-state index contributed by atoms with van der Waals surface area (Å²) >= 11 is 0. The lowest BCUT2D eigenvalue weighted by atomic mass is 9.96. The molecule has 0 saturated carbocycles. The summed E-state index contributed by atoms with van der Waals surface area (Å²) in [5.74, 6) is -12.9. The quantitative estimate of drug-likeness (QED) is 0.107. The van der Waals surface area contributed by atoms with Gasteiger partial charge in [0.25, 0.3) is 11.8 Å². The van der Waals surface area contributed by atoms with Crippen molar-refractivity contribution in [3.05, 3.63) is 44.6 Å². The molecule has 6 N–H and O–H groups in total. The number of aromatic nitrogens is 1. The smallest absolute Gasteiger partial charge is 0.329 e. The number of carbonyl (C=O) groups excluding carboxylic acids is 12. The molecule has 28 heteroatoms. The molecule has 1 aromatic carbocycles. The van der Waals surface area contributed by atoms with Crippen LogP contribution in [0.4, 0.5) is 5.69 Å². The van der Waals surface area contributed by atoms with Crippen LogP contribution in [0.5, 0.6) is 0 Å². The lowest BCUT2D eigenvalue weighted by Crippen LogP contribution is -2.60. The summed E-state index contributed by atoms with van der Waals surface area (Å²) in [7, 11) is 8.11. The van der Waals surface area contributed by atoms with E-state index in [1.807, 2.05) is 0 Å². The van der Waals surface area contributed by atoms with Crippen LogP contribution in [0.25, 0.3) is 22.6 Å². The van der Waals surface area contributed by atoms with Crippen LogP contribution in [0.15, 0.2) is 21.3 Å². The first-order chi connectivity index (χ1) is 40.5. The number of esters is 2. The number of nitrogen functional groups attached to an aromatic ring is 1. The summed E-state index contributed by atoms with van der Waals surface area (Å²) in [5, 5.41) is 10.5. The average Bonchev–Trinajstić information content (AvgIpc) is 1.92. The number of nitrogens with two attached hydrogens (primary N) is 1. The number of hydrogen-bond donors (Lipinski definition) is 5. The summed E-state index contributed by atoms with van der Waals surface area (Å²) in [5.41, 5.74) is 3.43. The van der Waals surface area contributed by atoms with Gasteiger partial charge in [0.15, 0.2) is 11.3 Å². The highest BCUT2D eigenvalue weighted by Gasteiger charge is 2.43. The van der Waals surface area contributed by atoms with Crippen molar-refractivity contribution in [2.75, 3.05) is 74.2 Å². The van der Waals surface area contributed by atoms with Gasteiger partial charge in [-0.25, -0.2) is 14.6 Å². The van der Waals surface area contributed by atoms with Gasteiger partial charge in [-0.2, -0.15) is 0 Å². The molecule has 5 rings (SSSR count). The lowest BCUT2D eigenvalue weighted by molar-refractivity contribution is -0.163. The number of amides is 10. The van der Waals surface area contributed by atoms with Crippen molar-refractivity contribution in [2.45, 2.75) is 138 Å². The molecule has 28 nitrogen and oxygen atoms in total. The molecule has 0 aromatic heterocycles. The van der Waals surface area contributed by atoms with Crippen LogP contribution in [0.1, 0.15) is 108 Å². The molecule has 3 aliphatic heterocycles. The van der Waals surface area contributed by atoms with Gasteiger partial charge in [0.2, 0.25) is 52.7 Å². The molecule has 10 amide bonds. The number of cyclic esters (lactones) is 2. The molecule has 2 fully saturated rings. The summed E-state index contributed by atoms with van der Waals surface area (Å²) in [6.07, 6.45) is -2.75. The van der Waals surface area contributed by atoms with Crippen LogP contribution in [0.3, 0.4) is 0 Å². The summed E-state index contributed by atoms with van der Waals surface area (Å²) < 4.78 is 18.2. The van der Waals surface area contributed by atoms with Crippen LogP contribution in [0, 0.1) is 37.5 Å². The van der Waals surface area contributed by atoms with Crippen LogP contribution in [-0.4, -0.2) is 222 Å². The van der Waals surface area contributed by atoms with Crippen molar-refractivity contribution in [3.63, 3.8) is 0 Å². The Balaban J connectivity index is 1.68. The maximum atomic E-state index is 15.1. The summed E-state index contributed by atoms with van der Waals surface area (Å²) in [6, 6.07) is -6.05. The van der Waals surface area contributed by atoms with Gasteiger partial charge in [-0.05, 0) is 63.0 Å². The van der Waals surface area contributed by atoms with E-state index in [2.05, 4.69) is 21.3 Å². The van der Waals surface area contributed by atoms with Crippen molar-refractivity contribution in [1.82, 2.24) is 55.7 Å². The van der Waals surface area contributed by atoms with E-state index < -0.39 is 192 Å². The van der Waals surface area contributed by atoms with Crippen molar-refractivity contribution in [3.8, 4) is 11.5 Å². The van der Waals surface area contributed by atoms with Crippen LogP contribution in [-0.2, 0) is 57.4 Å². The van der Waals surface area contributed by atoms with Gasteiger partial charge in [0, 0.05) is 47.8 Å². The SMILES string of the molecule is CC[C@H](C)[C@H]1NC(=O)[C@@H](NC(=O)c2ccc(C)c3oc4c(C)c(=O)c(N)c(C(=O)N[C@@H]5C(=O)N[C@H](C(C)C)C(=O)N(C)CC(=O)N(C)CC(=O)N(C)[C@@H](C(C)C)C(=O)O[C@@H]5C)c-4nc23)[C@@H](C)OC(=O)[C@H](C(C)C)N(C)C(=O)CN(C)C(=O)CN(C)C1=O. The van der Waals surface area contributed by atoms with Gasteiger partial charge < -0.3 is 70.3 Å². The molecular weight excluding hydrogens is 1130 g/mol. The molecule has 0 bridgehead atoms. The van der Waals surface area contributed by atoms with Gasteiger partial charge in [-0.1, -0.05) is 67.9 Å². The van der Waals surface area contributed by atoms with Gasteiger partial charge in [0.1, 0.15) is 59.7 Å². The third-order valence-electron chi connectivity index (χ3n) is 16.0. The van der Waals surface area contributed by atoms with E-state index in [1.54, 1.807) is 62.3 Å². The molecule has 1 aliphatic carbocycles. The van der Waals surface area contributed by atoms with E-state index in [0.717, 1.165) is 29.4 Å². The lowest BCUT2D eigenvalue weighted by Gasteiger charge is -2.35. The summed E-state index contributed by atoms with van der Waals surface area (Å²) in [6.45, 7) is 16.9. The fraction of sp³-hybridized carbons (Fsp3) is 0.593. The third kappa shape index (κ3) is 15.1. The Bertz CT molecular complexity index is 3250. The molecule has 476 valence electrons. The minimum absolute atomic E-state index is 0.0860. The molecule has 3 heterocycles. The normalized spacial score (nSPS) is 24.1. The molecule has 2 saturated heterocycles. The van der Waals surface area contributed by atoms with E-state index in [4.69, 9.17) is 24.6 Å². The fourth-order valence-electron chi connectivity index (χ4n) is 10.3. The number of ether oxygens (including phenoxy) is 2. The number of hydrogen-bond acceptors (Lipinski definition) is 18. The van der Waals surface area contributed by atoms with E-state index >= 15 is 4.79 Å². The Kier molecular flexibility index (Phi) is 22.4. The monoisotopic (exact) mass is 1220 g/mol. The molecule has 0 radical (unpaired) electrons. The third-order valence-corrected chi connectivity index (χ3v) is 16.0. The standard InChI is InChI=1S/C59H84N12O16/c1-19-29(8)42-57(82)69(16)23-36(73)67(14)25-38(75)70(17)47(27(4)5)58(83)85-32(11)43(55(80)63-42)64-52(77)34-21-20-30(9)50-45(34)61-46-39(40(60)49(76)31(10)51(46)87-50)53(78)65-44-33(12)86-59(84)48(28(6)7)71(18)37(74)24-66(13)35(72)22-68(15)56(81)41(26(2)3)62-54(44)79/h20-21,26-29,32-33,41-44,47-48H,19,22-25,60H2,1-18H3,(H,62,79)(H,63,80)(H,64,77)(H,65,78)/t29-,32+,33+,41+,42+,43-,44-,47-,48-/m0/s1. The Morgan fingerprint density at radius 1 is 0.621 bits per heavy atom. The van der Waals surface area contributed by atoms with Crippen molar-refractivity contribution in [1.29, 1.82) is 0 Å². The van der Waals surface area contributed by atoms with Crippen LogP contribution in [0.2, 0.25) is 0 Å². The number of aryl methyl sites for hydroxylation is 1. The number of fused-ring (bicyclic) bond motifs is 2. The highest BCUT2D eigenvalue weighted by atomic mass is 16.6. The highest BCUT2D eigenvalue weighted by Crippen LogP contribution is 2.35. The molecule has 1 aromatic rings. The molecule has 4 aliphatic rings. The maximum Gasteiger partial charge on any atom is 0.329 e. The Labute approximate surface area is 505 Å². The second-order valence-electron chi connectivity index (χ2n) is 23.8. The first kappa shape index (κ1) is 69.1. The average molecular weight is 1220 g/mol. The second kappa shape index (κ2) is 28.2. The number of rotatable bonds is 9. The molecule has 0 unspecified atom stereocenters. The highest BCUT2D eigenvalue weighted by molar-refractivity contribution is 6.10. The van der Waals surface area contributed by atoms with Crippen molar-refractivity contribution in [2.24, 2.45) is 23.7 Å². The Morgan fingerprint density at radius 2 is 1.05 bits per heavy atom. The van der Waals surface area contributed by atoms with E-state index in [0.29, 0.717) is 12.0 Å². The van der Waals surface area contributed by atoms with Crippen molar-refractivity contribution < 1.29 is 71.4 Å². The van der Waals surface area contributed by atoms with E-state index in [1.165, 1.54) is 75.2 Å². The van der Waals surface area contributed by atoms with E-state index in [-0.39, 0.29) is 28.0 Å². The first-order valence-electron chi connectivity index (χ1n) is 28.8.